The number of para-hydroxylation sites is 1. The quantitative estimate of drug-likeness (QED) is 0.247. The summed E-state index contributed by atoms with van der Waals surface area (Å²) in [7, 11) is 0. The second-order valence-electron chi connectivity index (χ2n) is 11.5. The number of carbonyl (C=O) groups is 3. The van der Waals surface area contributed by atoms with E-state index in [9.17, 15) is 14.4 Å². The Hall–Kier alpha value is -2.37. The fourth-order valence-corrected chi connectivity index (χ4v) is 4.92. The fourth-order valence-electron chi connectivity index (χ4n) is 4.92. The van der Waals surface area contributed by atoms with Gasteiger partial charge in [-0.05, 0) is 30.9 Å². The Morgan fingerprint density at radius 1 is 0.865 bits per heavy atom. The summed E-state index contributed by atoms with van der Waals surface area (Å²) < 4.78 is 0. The van der Waals surface area contributed by atoms with Crippen LogP contribution in [0.3, 0.4) is 0 Å². The number of nitrogens with one attached hydrogen (secondary N) is 1. The topological polar surface area (TPSA) is 69.7 Å². The summed E-state index contributed by atoms with van der Waals surface area (Å²) in [4.78, 5) is 43.4. The van der Waals surface area contributed by atoms with E-state index in [0.717, 1.165) is 44.1 Å². The highest BCUT2D eigenvalue weighted by molar-refractivity contribution is 6.11. The van der Waals surface area contributed by atoms with E-state index in [2.05, 4.69) is 19.2 Å². The highest BCUT2D eigenvalue weighted by Crippen LogP contribution is 2.35. The molecule has 4 amide bonds. The van der Waals surface area contributed by atoms with Gasteiger partial charge < -0.3 is 10.2 Å². The number of carbonyl (C=O) groups excluding carboxylic acids is 3. The van der Waals surface area contributed by atoms with Gasteiger partial charge in [0.2, 0.25) is 5.91 Å². The van der Waals surface area contributed by atoms with Crippen LogP contribution in [-0.2, 0) is 11.2 Å². The van der Waals surface area contributed by atoms with Crippen LogP contribution < -0.4 is 10.2 Å². The molecule has 1 aliphatic heterocycles. The van der Waals surface area contributed by atoms with Crippen molar-refractivity contribution in [2.24, 2.45) is 5.41 Å². The van der Waals surface area contributed by atoms with Crippen molar-refractivity contribution in [1.29, 1.82) is 0 Å². The van der Waals surface area contributed by atoms with Gasteiger partial charge in [0.05, 0.1) is 11.3 Å². The number of anilines is 1. The van der Waals surface area contributed by atoms with E-state index in [0.29, 0.717) is 30.9 Å². The van der Waals surface area contributed by atoms with Gasteiger partial charge in [0.25, 0.3) is 5.91 Å². The Balaban J connectivity index is 2.15. The molecule has 0 radical (unpaired) electrons. The molecule has 0 spiro atoms. The number of rotatable bonds is 15. The number of hydrogen-bond donors (Lipinski definition) is 1. The first kappa shape index (κ1) is 30.9. The number of nitrogens with zero attached hydrogens (tertiary/aromatic N) is 2. The average molecular weight is 514 g/mol. The third kappa shape index (κ3) is 9.46. The van der Waals surface area contributed by atoms with Crippen molar-refractivity contribution < 1.29 is 14.4 Å². The lowest BCUT2D eigenvalue weighted by Crippen LogP contribution is -2.45. The van der Waals surface area contributed by atoms with E-state index in [4.69, 9.17) is 0 Å². The fraction of sp³-hybridized carbons (Fsp3) is 0.710. The van der Waals surface area contributed by atoms with Crippen molar-refractivity contribution in [1.82, 2.24) is 10.2 Å². The van der Waals surface area contributed by atoms with E-state index in [1.807, 2.05) is 32.9 Å². The zero-order chi connectivity index (χ0) is 27.3. The average Bonchev–Trinajstić information content (AvgIpc) is 3.30. The van der Waals surface area contributed by atoms with E-state index >= 15 is 0 Å². The lowest BCUT2D eigenvalue weighted by molar-refractivity contribution is -0.125. The van der Waals surface area contributed by atoms with Crippen LogP contribution in [0.4, 0.5) is 10.5 Å². The Bertz CT molecular complexity index is 875. The van der Waals surface area contributed by atoms with Crippen LogP contribution in [0.1, 0.15) is 128 Å². The molecule has 0 saturated carbocycles. The van der Waals surface area contributed by atoms with Crippen molar-refractivity contribution >= 4 is 23.5 Å². The third-order valence-electron chi connectivity index (χ3n) is 7.14. The van der Waals surface area contributed by atoms with Crippen molar-refractivity contribution in [3.63, 3.8) is 0 Å². The predicted molar refractivity (Wildman–Crippen MR) is 153 cm³/mol. The summed E-state index contributed by atoms with van der Waals surface area (Å²) in [5.41, 5.74) is 1.58. The molecule has 0 fully saturated rings. The second kappa shape index (κ2) is 15.8. The van der Waals surface area contributed by atoms with Gasteiger partial charge in [-0.25, -0.2) is 4.79 Å². The second-order valence-corrected chi connectivity index (χ2v) is 11.5. The van der Waals surface area contributed by atoms with Crippen molar-refractivity contribution in [2.75, 3.05) is 24.5 Å². The highest BCUT2D eigenvalue weighted by Gasteiger charge is 2.36. The summed E-state index contributed by atoms with van der Waals surface area (Å²) in [6.07, 6.45) is 14.1. The van der Waals surface area contributed by atoms with Gasteiger partial charge in [-0.15, -0.1) is 0 Å². The number of urea groups is 1. The summed E-state index contributed by atoms with van der Waals surface area (Å²) in [6, 6.07) is 5.30. The van der Waals surface area contributed by atoms with Crippen molar-refractivity contribution in [3.05, 3.63) is 29.3 Å². The maximum atomic E-state index is 13.9. The van der Waals surface area contributed by atoms with Gasteiger partial charge in [0.15, 0.2) is 0 Å². The SMILES string of the molecule is CCCCCCCCNC(=O)N(CCCCCCCC)C(=O)c1cccc2c1N(C(=O)C(C)(C)C)CC2. The molecule has 6 nitrogen and oxygen atoms in total. The zero-order valence-corrected chi connectivity index (χ0v) is 24.2. The Morgan fingerprint density at radius 2 is 1.46 bits per heavy atom. The van der Waals surface area contributed by atoms with E-state index < -0.39 is 5.41 Å². The van der Waals surface area contributed by atoms with Crippen LogP contribution >= 0.6 is 0 Å². The van der Waals surface area contributed by atoms with Gasteiger partial charge >= 0.3 is 6.03 Å². The highest BCUT2D eigenvalue weighted by atomic mass is 16.2. The van der Waals surface area contributed by atoms with Crippen LogP contribution in [0.5, 0.6) is 0 Å². The van der Waals surface area contributed by atoms with E-state index in [1.54, 1.807) is 11.0 Å². The Morgan fingerprint density at radius 3 is 2.08 bits per heavy atom. The minimum absolute atomic E-state index is 0.00139. The Labute approximate surface area is 225 Å². The van der Waals surface area contributed by atoms with Crippen LogP contribution in [0.2, 0.25) is 0 Å². The molecule has 1 heterocycles. The van der Waals surface area contributed by atoms with Crippen LogP contribution in [0.25, 0.3) is 0 Å². The number of fused-ring (bicyclic) bond motifs is 1. The molecule has 6 heteroatoms. The number of hydrogen-bond acceptors (Lipinski definition) is 3. The molecule has 1 aromatic carbocycles. The maximum absolute atomic E-state index is 13.9. The molecule has 2 rings (SSSR count). The molecule has 0 aliphatic carbocycles. The lowest BCUT2D eigenvalue weighted by Gasteiger charge is -2.29. The molecule has 37 heavy (non-hydrogen) atoms. The molecule has 0 saturated heterocycles. The van der Waals surface area contributed by atoms with Gasteiger partial charge in [-0.1, -0.05) is 111 Å². The molecule has 0 unspecified atom stereocenters. The van der Waals surface area contributed by atoms with Crippen LogP contribution in [-0.4, -0.2) is 42.4 Å². The molecule has 208 valence electrons. The van der Waals surface area contributed by atoms with E-state index in [-0.39, 0.29) is 17.8 Å². The van der Waals surface area contributed by atoms with Gasteiger partial charge in [-0.3, -0.25) is 14.5 Å². The number of amides is 4. The maximum Gasteiger partial charge on any atom is 0.324 e. The predicted octanol–water partition coefficient (Wildman–Crippen LogP) is 7.49. The standard InChI is InChI=1S/C31H51N3O3/c1-6-8-10-12-14-16-22-32-30(37)34(23-17-15-13-11-9-7-2)28(35)26-20-18-19-25-21-24-33(27(25)26)29(36)31(3,4)5/h18-20H,6-17,21-24H2,1-5H3,(H,32,37). The van der Waals surface area contributed by atoms with Crippen LogP contribution in [0, 0.1) is 5.41 Å². The minimum Gasteiger partial charge on any atom is -0.338 e. The van der Waals surface area contributed by atoms with Gasteiger partial charge in [0.1, 0.15) is 0 Å². The first-order valence-electron chi connectivity index (χ1n) is 14.8. The molecule has 0 bridgehead atoms. The summed E-state index contributed by atoms with van der Waals surface area (Å²) >= 11 is 0. The molecular weight excluding hydrogens is 462 g/mol. The Kier molecular flexibility index (Phi) is 13.2. The summed E-state index contributed by atoms with van der Waals surface area (Å²) in [5, 5.41) is 3.00. The summed E-state index contributed by atoms with van der Waals surface area (Å²) in [6.45, 7) is 11.6. The minimum atomic E-state index is -0.551. The lowest BCUT2D eigenvalue weighted by atomic mass is 9.94. The number of unbranched alkanes of at least 4 members (excludes halogenated alkanes) is 10. The normalized spacial score (nSPS) is 12.9. The molecule has 0 atom stereocenters. The van der Waals surface area contributed by atoms with Gasteiger partial charge in [-0.2, -0.15) is 0 Å². The first-order chi connectivity index (χ1) is 17.7. The zero-order valence-electron chi connectivity index (χ0n) is 24.2. The smallest absolute Gasteiger partial charge is 0.324 e. The monoisotopic (exact) mass is 513 g/mol. The molecule has 0 aromatic heterocycles. The van der Waals surface area contributed by atoms with Crippen molar-refractivity contribution in [3.8, 4) is 0 Å². The molecule has 1 aromatic rings. The van der Waals surface area contributed by atoms with E-state index in [1.165, 1.54) is 49.8 Å². The first-order valence-corrected chi connectivity index (χ1v) is 14.8. The number of benzene rings is 1. The number of imide groups is 1. The molecular formula is C31H51N3O3. The van der Waals surface area contributed by atoms with Crippen molar-refractivity contribution in [2.45, 2.75) is 118 Å². The van der Waals surface area contributed by atoms with Crippen LogP contribution in [0.15, 0.2) is 18.2 Å². The summed E-state index contributed by atoms with van der Waals surface area (Å²) in [5.74, 6) is -0.305. The molecule has 1 N–H and O–H groups in total. The third-order valence-corrected chi connectivity index (χ3v) is 7.14. The largest absolute Gasteiger partial charge is 0.338 e. The molecule has 1 aliphatic rings. The van der Waals surface area contributed by atoms with Gasteiger partial charge in [0, 0.05) is 25.0 Å².